The van der Waals surface area contributed by atoms with Crippen LogP contribution in [-0.2, 0) is 0 Å². The van der Waals surface area contributed by atoms with E-state index < -0.39 is 0 Å². The molecule has 0 aromatic carbocycles. The zero-order valence-electron chi connectivity index (χ0n) is 10.4. The van der Waals surface area contributed by atoms with Gasteiger partial charge in [-0.3, -0.25) is 4.98 Å². The molecule has 0 radical (unpaired) electrons. The number of nitrogens with one attached hydrogen (secondary N) is 1. The molecule has 1 atom stereocenters. The maximum absolute atomic E-state index is 11.5. The predicted octanol–water partition coefficient (Wildman–Crippen LogP) is -0.0704. The number of nitrogens with two attached hydrogens (primary N) is 1. The lowest BCUT2D eigenvalue weighted by Crippen LogP contribution is -2.52. The van der Waals surface area contributed by atoms with Crippen LogP contribution in [0.4, 0.5) is 10.5 Å². The first-order valence-electron chi connectivity index (χ1n) is 6.20. The summed E-state index contributed by atoms with van der Waals surface area (Å²) in [5, 5.41) is 2.87. The first kappa shape index (κ1) is 12.2. The van der Waals surface area contributed by atoms with Crippen LogP contribution < -0.4 is 16.0 Å². The van der Waals surface area contributed by atoms with Crippen molar-refractivity contribution < 1.29 is 4.79 Å². The number of urea groups is 1. The summed E-state index contributed by atoms with van der Waals surface area (Å²) >= 11 is 4.95. The minimum absolute atomic E-state index is 0.0446. The van der Waals surface area contributed by atoms with E-state index in [0.29, 0.717) is 17.2 Å². The number of piperazine rings is 1. The molecular weight excluding hydrogens is 262 g/mol. The van der Waals surface area contributed by atoms with Crippen molar-refractivity contribution in [1.82, 2.24) is 15.2 Å². The molecule has 3 rings (SSSR count). The van der Waals surface area contributed by atoms with Crippen LogP contribution in [0.1, 0.15) is 5.69 Å². The molecule has 0 saturated carbocycles. The van der Waals surface area contributed by atoms with Crippen LogP contribution >= 0.6 is 12.2 Å². The van der Waals surface area contributed by atoms with Crippen molar-refractivity contribution >= 4 is 28.9 Å². The molecule has 1 aromatic heterocycles. The van der Waals surface area contributed by atoms with Gasteiger partial charge in [0.25, 0.3) is 0 Å². The first-order chi connectivity index (χ1) is 9.15. The summed E-state index contributed by atoms with van der Waals surface area (Å²) in [5.41, 5.74) is 7.29. The minimum Gasteiger partial charge on any atom is -0.388 e. The summed E-state index contributed by atoms with van der Waals surface area (Å²) in [6.45, 7) is 3.08. The second kappa shape index (κ2) is 4.65. The Bertz CT molecular complexity index is 535. The summed E-state index contributed by atoms with van der Waals surface area (Å²) in [7, 11) is 0. The van der Waals surface area contributed by atoms with Gasteiger partial charge in [0.15, 0.2) is 0 Å². The second-order valence-electron chi connectivity index (χ2n) is 4.74. The molecule has 2 aliphatic heterocycles. The van der Waals surface area contributed by atoms with Gasteiger partial charge in [-0.05, 0) is 12.1 Å². The smallest absolute Gasteiger partial charge is 0.317 e. The number of fused-ring (bicyclic) bond motifs is 1. The minimum atomic E-state index is 0.0446. The van der Waals surface area contributed by atoms with Crippen molar-refractivity contribution in [3.63, 3.8) is 0 Å². The highest BCUT2D eigenvalue weighted by Crippen LogP contribution is 2.21. The molecular formula is C12H15N5OS. The number of amides is 2. The van der Waals surface area contributed by atoms with E-state index in [9.17, 15) is 4.79 Å². The monoisotopic (exact) mass is 277 g/mol. The van der Waals surface area contributed by atoms with E-state index in [-0.39, 0.29) is 12.1 Å². The van der Waals surface area contributed by atoms with Gasteiger partial charge in [0.2, 0.25) is 0 Å². The number of hydrogen-bond acceptors (Lipinski definition) is 4. The maximum atomic E-state index is 11.5. The highest BCUT2D eigenvalue weighted by atomic mass is 32.1. The molecule has 100 valence electrons. The molecule has 6 nitrogen and oxygen atoms in total. The first-order valence-corrected chi connectivity index (χ1v) is 6.61. The largest absolute Gasteiger partial charge is 0.388 e. The van der Waals surface area contributed by atoms with Crippen LogP contribution in [0.15, 0.2) is 18.3 Å². The van der Waals surface area contributed by atoms with Crippen molar-refractivity contribution in [2.24, 2.45) is 5.73 Å². The van der Waals surface area contributed by atoms with Gasteiger partial charge in [-0.2, -0.15) is 0 Å². The number of anilines is 1. The SMILES string of the molecule is NC(=S)c1cc(N2CCN3C(=O)NCC3C2)ccn1. The van der Waals surface area contributed by atoms with Crippen LogP contribution in [0.25, 0.3) is 0 Å². The molecule has 3 N–H and O–H groups in total. The summed E-state index contributed by atoms with van der Waals surface area (Å²) in [6.07, 6.45) is 1.72. The maximum Gasteiger partial charge on any atom is 0.317 e. The standard InChI is InChI=1S/C12H15N5OS/c13-11(19)10-5-8(1-2-14-10)16-3-4-17-9(7-16)6-15-12(17)18/h1-2,5,9H,3-4,6-7H2,(H2,13,19)(H,15,18). The van der Waals surface area contributed by atoms with Crippen LogP contribution in [0, 0.1) is 0 Å². The Morgan fingerprint density at radius 3 is 3.16 bits per heavy atom. The van der Waals surface area contributed by atoms with Crippen molar-refractivity contribution in [1.29, 1.82) is 0 Å². The third kappa shape index (κ3) is 2.21. The van der Waals surface area contributed by atoms with E-state index in [4.69, 9.17) is 18.0 Å². The lowest BCUT2D eigenvalue weighted by Gasteiger charge is -2.37. The number of pyridine rings is 1. The number of nitrogens with zero attached hydrogens (tertiary/aromatic N) is 3. The fraction of sp³-hybridized carbons (Fsp3) is 0.417. The quantitative estimate of drug-likeness (QED) is 0.740. The molecule has 0 bridgehead atoms. The number of thiocarbonyl (C=S) groups is 1. The van der Waals surface area contributed by atoms with Crippen molar-refractivity contribution in [2.45, 2.75) is 6.04 Å². The third-order valence-corrected chi connectivity index (χ3v) is 3.80. The molecule has 7 heteroatoms. The molecule has 2 fully saturated rings. The summed E-state index contributed by atoms with van der Waals surface area (Å²) in [6, 6.07) is 4.13. The van der Waals surface area contributed by atoms with Gasteiger partial charge in [-0.1, -0.05) is 12.2 Å². The number of aromatic nitrogens is 1. The summed E-state index contributed by atoms with van der Waals surface area (Å²) < 4.78 is 0. The van der Waals surface area contributed by atoms with Crippen LogP contribution in [-0.4, -0.2) is 53.1 Å². The number of hydrogen-bond donors (Lipinski definition) is 2. The fourth-order valence-corrected chi connectivity index (χ4v) is 2.70. The third-order valence-electron chi connectivity index (χ3n) is 3.59. The Kier molecular flexibility index (Phi) is 2.98. The molecule has 0 spiro atoms. The van der Waals surface area contributed by atoms with E-state index in [1.807, 2.05) is 17.0 Å². The van der Waals surface area contributed by atoms with Crippen molar-refractivity contribution in [2.75, 3.05) is 31.1 Å². The van der Waals surface area contributed by atoms with Gasteiger partial charge in [0.1, 0.15) is 4.99 Å². The number of carbonyl (C=O) groups excluding carboxylic acids is 1. The van der Waals surface area contributed by atoms with E-state index in [1.54, 1.807) is 6.20 Å². The van der Waals surface area contributed by atoms with Gasteiger partial charge in [-0.25, -0.2) is 4.79 Å². The Labute approximate surface area is 116 Å². The fourth-order valence-electron chi connectivity index (χ4n) is 2.59. The topological polar surface area (TPSA) is 74.5 Å². The lowest BCUT2D eigenvalue weighted by molar-refractivity contribution is 0.197. The van der Waals surface area contributed by atoms with Crippen LogP contribution in [0.2, 0.25) is 0 Å². The molecule has 1 aromatic rings. The molecule has 2 saturated heterocycles. The van der Waals surface area contributed by atoms with Gasteiger partial charge in [0, 0.05) is 38.1 Å². The average Bonchev–Trinajstić information content (AvgIpc) is 2.80. The van der Waals surface area contributed by atoms with Gasteiger partial charge < -0.3 is 20.9 Å². The Hall–Kier alpha value is -1.89. The number of rotatable bonds is 2. The normalized spacial score (nSPS) is 22.1. The second-order valence-corrected chi connectivity index (χ2v) is 5.18. The molecule has 19 heavy (non-hydrogen) atoms. The molecule has 3 heterocycles. The van der Waals surface area contributed by atoms with E-state index in [0.717, 1.165) is 25.3 Å². The number of carbonyl (C=O) groups is 1. The van der Waals surface area contributed by atoms with Crippen molar-refractivity contribution in [3.8, 4) is 0 Å². The molecule has 0 aliphatic carbocycles. The van der Waals surface area contributed by atoms with Crippen LogP contribution in [0.3, 0.4) is 0 Å². The zero-order valence-corrected chi connectivity index (χ0v) is 11.2. The Morgan fingerprint density at radius 1 is 1.53 bits per heavy atom. The van der Waals surface area contributed by atoms with E-state index in [1.165, 1.54) is 0 Å². The molecule has 2 amide bonds. The van der Waals surface area contributed by atoms with E-state index >= 15 is 0 Å². The van der Waals surface area contributed by atoms with Gasteiger partial charge in [0.05, 0.1) is 11.7 Å². The molecule has 1 unspecified atom stereocenters. The molecule has 2 aliphatic rings. The lowest BCUT2D eigenvalue weighted by atomic mass is 10.1. The summed E-state index contributed by atoms with van der Waals surface area (Å²) in [5.74, 6) is 0. The van der Waals surface area contributed by atoms with Gasteiger partial charge >= 0.3 is 6.03 Å². The van der Waals surface area contributed by atoms with Crippen molar-refractivity contribution in [3.05, 3.63) is 24.0 Å². The summed E-state index contributed by atoms with van der Waals surface area (Å²) in [4.78, 5) is 20.1. The Balaban J connectivity index is 1.78. The predicted molar refractivity (Wildman–Crippen MR) is 76.2 cm³/mol. The van der Waals surface area contributed by atoms with Gasteiger partial charge in [-0.15, -0.1) is 0 Å². The van der Waals surface area contributed by atoms with E-state index in [2.05, 4.69) is 15.2 Å². The average molecular weight is 277 g/mol. The highest BCUT2D eigenvalue weighted by Gasteiger charge is 2.35. The van der Waals surface area contributed by atoms with Crippen LogP contribution in [0.5, 0.6) is 0 Å². The zero-order chi connectivity index (χ0) is 13.4. The Morgan fingerprint density at radius 2 is 2.37 bits per heavy atom. The highest BCUT2D eigenvalue weighted by molar-refractivity contribution is 7.80.